The van der Waals surface area contributed by atoms with E-state index in [1.807, 2.05) is 0 Å². The Hall–Kier alpha value is -1.10. The van der Waals surface area contributed by atoms with Crippen molar-refractivity contribution in [2.24, 2.45) is 17.6 Å². The molecule has 0 saturated heterocycles. The Bertz CT molecular complexity index is 305. The summed E-state index contributed by atoms with van der Waals surface area (Å²) in [6, 6.07) is 0.123. The standard InChI is InChI=1S/C13H25N3O2/c1-9-4-5-10(8-11(9)14)13(18)15-7-6-12(17)16(2)3/h9-11H,4-8,14H2,1-3H3,(H,15,18). The molecule has 1 aliphatic rings. The third-order valence-electron chi connectivity index (χ3n) is 3.77. The van der Waals surface area contributed by atoms with Gasteiger partial charge in [0, 0.05) is 39.0 Å². The molecule has 0 aromatic heterocycles. The highest BCUT2D eigenvalue weighted by atomic mass is 16.2. The van der Waals surface area contributed by atoms with Crippen molar-refractivity contribution < 1.29 is 9.59 Å². The number of carbonyl (C=O) groups excluding carboxylic acids is 2. The molecule has 0 spiro atoms. The van der Waals surface area contributed by atoms with Crippen LogP contribution in [0.5, 0.6) is 0 Å². The third kappa shape index (κ3) is 4.29. The summed E-state index contributed by atoms with van der Waals surface area (Å²) < 4.78 is 0. The van der Waals surface area contributed by atoms with Crippen molar-refractivity contribution in [2.45, 2.75) is 38.6 Å². The largest absolute Gasteiger partial charge is 0.355 e. The molecule has 1 rings (SSSR count). The molecule has 104 valence electrons. The highest BCUT2D eigenvalue weighted by molar-refractivity contribution is 5.80. The lowest BCUT2D eigenvalue weighted by atomic mass is 9.79. The number of rotatable bonds is 4. The van der Waals surface area contributed by atoms with Crippen molar-refractivity contribution >= 4 is 11.8 Å². The molecule has 1 saturated carbocycles. The fourth-order valence-electron chi connectivity index (χ4n) is 2.26. The Morgan fingerprint density at radius 2 is 2.00 bits per heavy atom. The molecule has 1 fully saturated rings. The van der Waals surface area contributed by atoms with Crippen LogP contribution in [-0.4, -0.2) is 43.4 Å². The fraction of sp³-hybridized carbons (Fsp3) is 0.846. The maximum atomic E-state index is 11.9. The van der Waals surface area contributed by atoms with Gasteiger partial charge in [0.2, 0.25) is 11.8 Å². The van der Waals surface area contributed by atoms with Gasteiger partial charge in [-0.1, -0.05) is 6.92 Å². The Balaban J connectivity index is 2.27. The second kappa shape index (κ2) is 6.73. The lowest BCUT2D eigenvalue weighted by Crippen LogP contribution is -2.42. The Labute approximate surface area is 109 Å². The SMILES string of the molecule is CC1CCC(C(=O)NCCC(=O)N(C)C)CC1N. The average molecular weight is 255 g/mol. The van der Waals surface area contributed by atoms with E-state index in [0.717, 1.165) is 19.3 Å². The van der Waals surface area contributed by atoms with Crippen LogP contribution in [0, 0.1) is 11.8 Å². The molecule has 2 amide bonds. The van der Waals surface area contributed by atoms with Gasteiger partial charge in [0.05, 0.1) is 0 Å². The normalized spacial score (nSPS) is 27.7. The molecule has 18 heavy (non-hydrogen) atoms. The van der Waals surface area contributed by atoms with E-state index >= 15 is 0 Å². The first-order valence-electron chi connectivity index (χ1n) is 6.65. The minimum absolute atomic E-state index is 0.0191. The van der Waals surface area contributed by atoms with E-state index < -0.39 is 0 Å². The van der Waals surface area contributed by atoms with Gasteiger partial charge >= 0.3 is 0 Å². The van der Waals surface area contributed by atoms with Gasteiger partial charge in [-0.25, -0.2) is 0 Å². The van der Waals surface area contributed by atoms with Crippen LogP contribution in [0.1, 0.15) is 32.6 Å². The van der Waals surface area contributed by atoms with Gasteiger partial charge in [-0.3, -0.25) is 9.59 Å². The number of hydrogen-bond donors (Lipinski definition) is 2. The molecule has 0 aromatic rings. The number of nitrogens with one attached hydrogen (secondary N) is 1. The highest BCUT2D eigenvalue weighted by Gasteiger charge is 2.29. The maximum absolute atomic E-state index is 11.9. The monoisotopic (exact) mass is 255 g/mol. The molecule has 0 bridgehead atoms. The molecule has 0 heterocycles. The minimum Gasteiger partial charge on any atom is -0.355 e. The summed E-state index contributed by atoms with van der Waals surface area (Å²) in [5.41, 5.74) is 5.98. The van der Waals surface area contributed by atoms with Crippen molar-refractivity contribution in [3.05, 3.63) is 0 Å². The lowest BCUT2D eigenvalue weighted by molar-refractivity contribution is -0.129. The maximum Gasteiger partial charge on any atom is 0.223 e. The van der Waals surface area contributed by atoms with Crippen LogP contribution in [0.25, 0.3) is 0 Å². The summed E-state index contributed by atoms with van der Waals surface area (Å²) in [6.07, 6.45) is 3.03. The third-order valence-corrected chi connectivity index (χ3v) is 3.77. The van der Waals surface area contributed by atoms with E-state index in [1.165, 1.54) is 4.90 Å². The second-order valence-electron chi connectivity index (χ2n) is 5.48. The van der Waals surface area contributed by atoms with E-state index in [0.29, 0.717) is 18.9 Å². The smallest absolute Gasteiger partial charge is 0.223 e. The summed E-state index contributed by atoms with van der Waals surface area (Å²) in [5, 5.41) is 2.83. The number of nitrogens with zero attached hydrogens (tertiary/aromatic N) is 1. The highest BCUT2D eigenvalue weighted by Crippen LogP contribution is 2.27. The summed E-state index contributed by atoms with van der Waals surface area (Å²) in [7, 11) is 3.43. The van der Waals surface area contributed by atoms with Gasteiger partial charge in [0.1, 0.15) is 0 Å². The Morgan fingerprint density at radius 1 is 1.33 bits per heavy atom. The number of carbonyl (C=O) groups is 2. The first kappa shape index (κ1) is 15.0. The van der Waals surface area contributed by atoms with Gasteiger partial charge in [-0.2, -0.15) is 0 Å². The van der Waals surface area contributed by atoms with E-state index in [-0.39, 0.29) is 23.8 Å². The molecule has 3 unspecified atom stereocenters. The van der Waals surface area contributed by atoms with Crippen LogP contribution in [0.3, 0.4) is 0 Å². The fourth-order valence-corrected chi connectivity index (χ4v) is 2.26. The molecule has 5 heteroatoms. The zero-order valence-electron chi connectivity index (χ0n) is 11.6. The first-order chi connectivity index (χ1) is 8.41. The van der Waals surface area contributed by atoms with Crippen LogP contribution in [0.15, 0.2) is 0 Å². The average Bonchev–Trinajstić information content (AvgIpc) is 2.32. The predicted molar refractivity (Wildman–Crippen MR) is 70.8 cm³/mol. The van der Waals surface area contributed by atoms with Gasteiger partial charge in [0.25, 0.3) is 0 Å². The summed E-state index contributed by atoms with van der Waals surface area (Å²) in [5.74, 6) is 0.600. The molecular formula is C13H25N3O2. The van der Waals surface area contributed by atoms with Crippen LogP contribution in [0.4, 0.5) is 0 Å². The van der Waals surface area contributed by atoms with Crippen LogP contribution in [-0.2, 0) is 9.59 Å². The van der Waals surface area contributed by atoms with Gasteiger partial charge in [-0.15, -0.1) is 0 Å². The number of nitrogens with two attached hydrogens (primary N) is 1. The van der Waals surface area contributed by atoms with E-state index in [2.05, 4.69) is 12.2 Å². The first-order valence-corrected chi connectivity index (χ1v) is 6.65. The summed E-state index contributed by atoms with van der Waals surface area (Å²) >= 11 is 0. The van der Waals surface area contributed by atoms with Crippen LogP contribution >= 0.6 is 0 Å². The van der Waals surface area contributed by atoms with Crippen molar-refractivity contribution in [3.63, 3.8) is 0 Å². The van der Waals surface area contributed by atoms with Crippen LogP contribution in [0.2, 0.25) is 0 Å². The molecule has 1 aliphatic carbocycles. The van der Waals surface area contributed by atoms with Crippen molar-refractivity contribution in [2.75, 3.05) is 20.6 Å². The van der Waals surface area contributed by atoms with Crippen molar-refractivity contribution in [1.29, 1.82) is 0 Å². The molecule has 3 atom stereocenters. The molecule has 5 nitrogen and oxygen atoms in total. The lowest BCUT2D eigenvalue weighted by Gasteiger charge is -2.31. The van der Waals surface area contributed by atoms with Crippen LogP contribution < -0.4 is 11.1 Å². The molecular weight excluding hydrogens is 230 g/mol. The molecule has 3 N–H and O–H groups in total. The van der Waals surface area contributed by atoms with E-state index in [4.69, 9.17) is 5.73 Å². The van der Waals surface area contributed by atoms with Gasteiger partial charge in [-0.05, 0) is 25.2 Å². The van der Waals surface area contributed by atoms with Crippen molar-refractivity contribution in [1.82, 2.24) is 10.2 Å². The van der Waals surface area contributed by atoms with Gasteiger partial charge in [0.15, 0.2) is 0 Å². The molecule has 0 radical (unpaired) electrons. The van der Waals surface area contributed by atoms with E-state index in [9.17, 15) is 9.59 Å². The molecule has 0 aliphatic heterocycles. The zero-order chi connectivity index (χ0) is 13.7. The molecule has 0 aromatic carbocycles. The summed E-state index contributed by atoms with van der Waals surface area (Å²) in [4.78, 5) is 24.8. The Morgan fingerprint density at radius 3 is 2.56 bits per heavy atom. The Kier molecular flexibility index (Phi) is 5.59. The number of amides is 2. The van der Waals surface area contributed by atoms with E-state index in [1.54, 1.807) is 14.1 Å². The van der Waals surface area contributed by atoms with Gasteiger partial charge < -0.3 is 16.0 Å². The second-order valence-corrected chi connectivity index (χ2v) is 5.48. The minimum atomic E-state index is 0.0191. The predicted octanol–water partition coefficient (Wildman–Crippen LogP) is 0.344. The topological polar surface area (TPSA) is 75.4 Å². The zero-order valence-corrected chi connectivity index (χ0v) is 11.6. The number of hydrogen-bond acceptors (Lipinski definition) is 3. The quantitative estimate of drug-likeness (QED) is 0.761. The summed E-state index contributed by atoms with van der Waals surface area (Å²) in [6.45, 7) is 2.55. The van der Waals surface area contributed by atoms with Crippen molar-refractivity contribution in [3.8, 4) is 0 Å².